The van der Waals surface area contributed by atoms with Gasteiger partial charge in [-0.2, -0.15) is 0 Å². The lowest BCUT2D eigenvalue weighted by Gasteiger charge is -2.31. The Kier molecular flexibility index (Phi) is 5.59. The van der Waals surface area contributed by atoms with Crippen LogP contribution in [-0.4, -0.2) is 56.4 Å². The van der Waals surface area contributed by atoms with Gasteiger partial charge in [0.2, 0.25) is 5.91 Å². The van der Waals surface area contributed by atoms with E-state index in [4.69, 9.17) is 0 Å². The third-order valence-electron chi connectivity index (χ3n) is 3.54. The van der Waals surface area contributed by atoms with Crippen LogP contribution in [0.15, 0.2) is 0 Å². The molecule has 0 aromatic carbocycles. The van der Waals surface area contributed by atoms with Crippen LogP contribution in [0, 0.1) is 0 Å². The van der Waals surface area contributed by atoms with Crippen LogP contribution in [0.2, 0.25) is 0 Å². The summed E-state index contributed by atoms with van der Waals surface area (Å²) in [6, 6.07) is 0.300. The number of rotatable bonds is 5. The predicted octanol–water partition coefficient (Wildman–Crippen LogP) is 0.410. The van der Waals surface area contributed by atoms with Crippen LogP contribution in [0.5, 0.6) is 0 Å². The predicted molar refractivity (Wildman–Crippen MR) is 72.2 cm³/mol. The van der Waals surface area contributed by atoms with Crippen LogP contribution in [0.4, 0.5) is 0 Å². The van der Waals surface area contributed by atoms with Crippen LogP contribution >= 0.6 is 0 Å². The first-order chi connectivity index (χ1) is 8.36. The summed E-state index contributed by atoms with van der Waals surface area (Å²) in [5.41, 5.74) is 0. The van der Waals surface area contributed by atoms with E-state index in [1.54, 1.807) is 4.90 Å². The van der Waals surface area contributed by atoms with Gasteiger partial charge in [-0.3, -0.25) is 4.79 Å². The molecule has 5 nitrogen and oxygen atoms in total. The summed E-state index contributed by atoms with van der Waals surface area (Å²) in [5.74, 6) is -0.285. The fourth-order valence-corrected chi connectivity index (χ4v) is 2.68. The molecule has 0 aromatic heterocycles. The third-order valence-corrected chi connectivity index (χ3v) is 5.02. The molecule has 1 rings (SSSR count). The van der Waals surface area contributed by atoms with Crippen molar-refractivity contribution in [2.45, 2.75) is 44.4 Å². The van der Waals surface area contributed by atoms with E-state index in [1.807, 2.05) is 6.92 Å². The highest BCUT2D eigenvalue weighted by molar-refractivity contribution is 7.92. The SMILES string of the molecule is CCN(CC1CCCCN1)C(=O)C(C)S(C)(=O)=O. The van der Waals surface area contributed by atoms with Crippen LogP contribution < -0.4 is 5.32 Å². The fourth-order valence-electron chi connectivity index (χ4n) is 2.16. The number of nitrogens with zero attached hydrogens (tertiary/aromatic N) is 1. The monoisotopic (exact) mass is 276 g/mol. The van der Waals surface area contributed by atoms with Crippen molar-refractivity contribution in [1.82, 2.24) is 10.2 Å². The van der Waals surface area contributed by atoms with Gasteiger partial charge in [-0.1, -0.05) is 6.42 Å². The zero-order valence-electron chi connectivity index (χ0n) is 11.5. The number of hydrogen-bond donors (Lipinski definition) is 1. The first-order valence-electron chi connectivity index (χ1n) is 6.57. The Labute approximate surface area is 110 Å². The molecule has 0 bridgehead atoms. The molecule has 1 amide bonds. The molecule has 1 saturated heterocycles. The molecule has 0 radical (unpaired) electrons. The molecule has 0 aromatic rings. The summed E-state index contributed by atoms with van der Waals surface area (Å²) in [6.07, 6.45) is 4.51. The van der Waals surface area contributed by atoms with Gasteiger partial charge in [-0.05, 0) is 33.2 Å². The molecule has 1 heterocycles. The standard InChI is InChI=1S/C12H24N2O3S/c1-4-14(9-11-7-5-6-8-13-11)12(15)10(2)18(3,16)17/h10-11,13H,4-9H2,1-3H3. The van der Waals surface area contributed by atoms with Gasteiger partial charge in [0, 0.05) is 25.4 Å². The van der Waals surface area contributed by atoms with Crippen molar-refractivity contribution in [3.05, 3.63) is 0 Å². The van der Waals surface area contributed by atoms with E-state index < -0.39 is 15.1 Å². The minimum Gasteiger partial charge on any atom is -0.340 e. The summed E-state index contributed by atoms with van der Waals surface area (Å²) in [4.78, 5) is 13.8. The highest BCUT2D eigenvalue weighted by Crippen LogP contribution is 2.11. The molecule has 1 N–H and O–H groups in total. The van der Waals surface area contributed by atoms with Crippen LogP contribution in [0.25, 0.3) is 0 Å². The fraction of sp³-hybridized carbons (Fsp3) is 0.917. The summed E-state index contributed by atoms with van der Waals surface area (Å²) < 4.78 is 22.8. The van der Waals surface area contributed by atoms with Gasteiger partial charge in [-0.25, -0.2) is 8.42 Å². The smallest absolute Gasteiger partial charge is 0.240 e. The molecule has 6 heteroatoms. The van der Waals surface area contributed by atoms with Crippen molar-refractivity contribution in [3.63, 3.8) is 0 Å². The molecule has 2 unspecified atom stereocenters. The molecule has 0 saturated carbocycles. The zero-order valence-corrected chi connectivity index (χ0v) is 12.3. The average Bonchev–Trinajstić information content (AvgIpc) is 2.34. The topological polar surface area (TPSA) is 66.5 Å². The summed E-state index contributed by atoms with van der Waals surface area (Å²) in [6.45, 7) is 5.49. The number of carbonyl (C=O) groups excluding carboxylic acids is 1. The highest BCUT2D eigenvalue weighted by Gasteiger charge is 2.29. The van der Waals surface area contributed by atoms with E-state index in [9.17, 15) is 13.2 Å². The molecule has 0 aliphatic carbocycles. The Bertz CT molecular complexity index is 375. The summed E-state index contributed by atoms with van der Waals surface area (Å²) >= 11 is 0. The molecular formula is C12H24N2O3S. The Hall–Kier alpha value is -0.620. The molecule has 106 valence electrons. The van der Waals surface area contributed by atoms with Crippen molar-refractivity contribution in [3.8, 4) is 0 Å². The van der Waals surface area contributed by atoms with E-state index >= 15 is 0 Å². The number of likely N-dealkylation sites (N-methyl/N-ethyl adjacent to an activating group) is 1. The maximum Gasteiger partial charge on any atom is 0.240 e. The maximum absolute atomic E-state index is 12.1. The lowest BCUT2D eigenvalue weighted by Crippen LogP contribution is -2.49. The zero-order chi connectivity index (χ0) is 13.8. The second-order valence-electron chi connectivity index (χ2n) is 5.00. The number of carbonyl (C=O) groups is 1. The van der Waals surface area contributed by atoms with Gasteiger partial charge in [0.25, 0.3) is 0 Å². The Balaban J connectivity index is 2.62. The van der Waals surface area contributed by atoms with Gasteiger partial charge < -0.3 is 10.2 Å². The number of piperidine rings is 1. The van der Waals surface area contributed by atoms with Crippen molar-refractivity contribution < 1.29 is 13.2 Å². The van der Waals surface area contributed by atoms with Crippen LogP contribution in [-0.2, 0) is 14.6 Å². The van der Waals surface area contributed by atoms with Gasteiger partial charge in [0.1, 0.15) is 5.25 Å². The van der Waals surface area contributed by atoms with Gasteiger partial charge in [0.05, 0.1) is 0 Å². The van der Waals surface area contributed by atoms with Crippen LogP contribution in [0.1, 0.15) is 33.1 Å². The van der Waals surface area contributed by atoms with Gasteiger partial charge in [-0.15, -0.1) is 0 Å². The molecule has 1 fully saturated rings. The molecule has 18 heavy (non-hydrogen) atoms. The summed E-state index contributed by atoms with van der Waals surface area (Å²) in [7, 11) is -3.31. The normalized spacial score (nSPS) is 22.5. The molecule has 2 atom stereocenters. The Morgan fingerprint density at radius 2 is 2.11 bits per heavy atom. The van der Waals surface area contributed by atoms with Crippen molar-refractivity contribution in [2.75, 3.05) is 25.9 Å². The largest absolute Gasteiger partial charge is 0.340 e. The minimum atomic E-state index is -3.31. The quantitative estimate of drug-likeness (QED) is 0.790. The second kappa shape index (κ2) is 6.52. The van der Waals surface area contributed by atoms with E-state index in [2.05, 4.69) is 5.32 Å². The lowest BCUT2D eigenvalue weighted by molar-refractivity contribution is -0.130. The third kappa shape index (κ3) is 4.24. The van der Waals surface area contributed by atoms with E-state index in [0.717, 1.165) is 19.2 Å². The van der Waals surface area contributed by atoms with E-state index in [0.29, 0.717) is 19.1 Å². The maximum atomic E-state index is 12.1. The lowest BCUT2D eigenvalue weighted by atomic mass is 10.0. The average molecular weight is 276 g/mol. The molecule has 1 aliphatic rings. The summed E-state index contributed by atoms with van der Waals surface area (Å²) in [5, 5.41) is 2.43. The van der Waals surface area contributed by atoms with Crippen molar-refractivity contribution in [1.29, 1.82) is 0 Å². The number of amides is 1. The Morgan fingerprint density at radius 1 is 1.44 bits per heavy atom. The number of nitrogens with one attached hydrogen (secondary N) is 1. The molecule has 0 spiro atoms. The number of hydrogen-bond acceptors (Lipinski definition) is 4. The minimum absolute atomic E-state index is 0.285. The van der Waals surface area contributed by atoms with Crippen molar-refractivity contribution >= 4 is 15.7 Å². The first-order valence-corrected chi connectivity index (χ1v) is 8.52. The molecule has 1 aliphatic heterocycles. The number of sulfone groups is 1. The Morgan fingerprint density at radius 3 is 2.56 bits per heavy atom. The molecular weight excluding hydrogens is 252 g/mol. The highest BCUT2D eigenvalue weighted by atomic mass is 32.2. The van der Waals surface area contributed by atoms with Crippen LogP contribution in [0.3, 0.4) is 0 Å². The van der Waals surface area contributed by atoms with Gasteiger partial charge >= 0.3 is 0 Å². The second-order valence-corrected chi connectivity index (χ2v) is 7.36. The van der Waals surface area contributed by atoms with E-state index in [-0.39, 0.29) is 5.91 Å². The van der Waals surface area contributed by atoms with Gasteiger partial charge in [0.15, 0.2) is 9.84 Å². The van der Waals surface area contributed by atoms with E-state index in [1.165, 1.54) is 19.8 Å². The first kappa shape index (κ1) is 15.4. The van der Waals surface area contributed by atoms with Crippen molar-refractivity contribution in [2.24, 2.45) is 0 Å².